The van der Waals surface area contributed by atoms with Crippen LogP contribution in [0.1, 0.15) is 105 Å². The van der Waals surface area contributed by atoms with E-state index < -0.39 is 5.60 Å². The summed E-state index contributed by atoms with van der Waals surface area (Å²) in [4.78, 5) is 0. The molecule has 0 bridgehead atoms. The molecule has 3 rings (SSSR count). The number of hydrogen-bond donors (Lipinski definition) is 2. The lowest BCUT2D eigenvalue weighted by Gasteiger charge is -2.44. The summed E-state index contributed by atoms with van der Waals surface area (Å²) in [5.74, 6) is 2.34. The maximum absolute atomic E-state index is 10.0. The monoisotopic (exact) mass is 388 g/mol. The molecule has 2 heteroatoms. The summed E-state index contributed by atoms with van der Waals surface area (Å²) in [6, 6.07) is 0. The van der Waals surface area contributed by atoms with Gasteiger partial charge in [0.1, 0.15) is 0 Å². The van der Waals surface area contributed by atoms with Crippen LogP contribution < -0.4 is 0 Å². The molecule has 5 atom stereocenters. The number of allylic oxidation sites excluding steroid dienone is 3. The van der Waals surface area contributed by atoms with Gasteiger partial charge in [-0.05, 0) is 101 Å². The maximum Gasteiger partial charge on any atom is 0.0591 e. The summed E-state index contributed by atoms with van der Waals surface area (Å²) < 4.78 is 0. The quantitative estimate of drug-likeness (QED) is 0.540. The van der Waals surface area contributed by atoms with E-state index in [2.05, 4.69) is 26.0 Å². The van der Waals surface area contributed by atoms with Gasteiger partial charge in [0.2, 0.25) is 0 Å². The van der Waals surface area contributed by atoms with Crippen LogP contribution in [0.15, 0.2) is 23.3 Å². The SMILES string of the molecule is C[C@H](CCCC(C)(C)O)[C@H]1CC[C@H]2/C(=C/C=C3/CCC[C@H](O)C3)CCC[C@]12C. The van der Waals surface area contributed by atoms with E-state index in [1.807, 2.05) is 13.8 Å². The van der Waals surface area contributed by atoms with Crippen molar-refractivity contribution in [2.75, 3.05) is 0 Å². The third kappa shape index (κ3) is 5.30. The molecule has 0 amide bonds. The maximum atomic E-state index is 10.0. The topological polar surface area (TPSA) is 40.5 Å². The van der Waals surface area contributed by atoms with Crippen LogP contribution in [0, 0.1) is 23.2 Å². The van der Waals surface area contributed by atoms with Gasteiger partial charge in [0.05, 0.1) is 11.7 Å². The lowest BCUT2D eigenvalue weighted by atomic mass is 9.60. The average Bonchev–Trinajstić information content (AvgIpc) is 2.96. The Hall–Kier alpha value is -0.600. The number of hydrogen-bond acceptors (Lipinski definition) is 2. The first kappa shape index (κ1) is 22.1. The van der Waals surface area contributed by atoms with Gasteiger partial charge in [0.25, 0.3) is 0 Å². The van der Waals surface area contributed by atoms with Crippen molar-refractivity contribution in [2.24, 2.45) is 23.2 Å². The zero-order valence-electron chi connectivity index (χ0n) is 18.8. The van der Waals surface area contributed by atoms with Gasteiger partial charge in [0.15, 0.2) is 0 Å². The Kier molecular flexibility index (Phi) is 7.14. The molecule has 3 fully saturated rings. The number of aliphatic hydroxyl groups is 2. The van der Waals surface area contributed by atoms with Crippen molar-refractivity contribution >= 4 is 0 Å². The zero-order chi connectivity index (χ0) is 20.4. The summed E-state index contributed by atoms with van der Waals surface area (Å²) >= 11 is 0. The zero-order valence-corrected chi connectivity index (χ0v) is 18.8. The lowest BCUT2D eigenvalue weighted by Crippen LogP contribution is -2.36. The van der Waals surface area contributed by atoms with E-state index >= 15 is 0 Å². The van der Waals surface area contributed by atoms with Crippen LogP contribution in [-0.2, 0) is 0 Å². The van der Waals surface area contributed by atoms with Gasteiger partial charge in [0, 0.05) is 0 Å². The smallest absolute Gasteiger partial charge is 0.0591 e. The summed E-state index contributed by atoms with van der Waals surface area (Å²) in [7, 11) is 0. The standard InChI is InChI=1S/C26H44O2/c1-19(8-6-16-25(2,3)28)23-14-15-24-21(10-7-17-26(23,24)4)13-12-20-9-5-11-22(27)18-20/h12-13,19,22-24,27-28H,5-11,14-18H2,1-4H3/b20-12-,21-13+/t19-,22+,23-,24+,26-/m1/s1. The van der Waals surface area contributed by atoms with Gasteiger partial charge in [-0.1, -0.05) is 50.0 Å². The highest BCUT2D eigenvalue weighted by Gasteiger charge is 2.50. The molecule has 0 radical (unpaired) electrons. The van der Waals surface area contributed by atoms with Gasteiger partial charge < -0.3 is 10.2 Å². The molecule has 28 heavy (non-hydrogen) atoms. The van der Waals surface area contributed by atoms with Crippen molar-refractivity contribution < 1.29 is 10.2 Å². The molecular formula is C26H44O2. The fraction of sp³-hybridized carbons (Fsp3) is 0.846. The van der Waals surface area contributed by atoms with E-state index in [0.717, 1.165) is 49.9 Å². The molecule has 0 aromatic rings. The molecule has 3 aliphatic rings. The van der Waals surface area contributed by atoms with E-state index in [1.165, 1.54) is 50.5 Å². The van der Waals surface area contributed by atoms with Gasteiger partial charge in [-0.25, -0.2) is 0 Å². The fourth-order valence-electron chi connectivity index (χ4n) is 6.72. The highest BCUT2D eigenvalue weighted by Crippen LogP contribution is 2.59. The third-order valence-electron chi connectivity index (χ3n) is 8.24. The van der Waals surface area contributed by atoms with E-state index in [4.69, 9.17) is 0 Å². The molecule has 3 saturated carbocycles. The minimum atomic E-state index is -0.525. The highest BCUT2D eigenvalue weighted by molar-refractivity contribution is 5.25. The normalized spacial score (nSPS) is 38.0. The molecule has 0 heterocycles. The van der Waals surface area contributed by atoms with Crippen molar-refractivity contribution in [3.8, 4) is 0 Å². The van der Waals surface area contributed by atoms with E-state index in [-0.39, 0.29) is 6.10 Å². The summed E-state index contributed by atoms with van der Waals surface area (Å²) in [6.45, 7) is 8.91. The Morgan fingerprint density at radius 1 is 1.14 bits per heavy atom. The van der Waals surface area contributed by atoms with E-state index in [1.54, 1.807) is 5.57 Å². The van der Waals surface area contributed by atoms with Crippen LogP contribution in [0.4, 0.5) is 0 Å². The second-order valence-electron chi connectivity index (χ2n) is 11.1. The summed E-state index contributed by atoms with van der Waals surface area (Å²) in [5, 5.41) is 20.0. The summed E-state index contributed by atoms with van der Waals surface area (Å²) in [6.07, 6.45) is 18.9. The van der Waals surface area contributed by atoms with Crippen LogP contribution in [0.3, 0.4) is 0 Å². The third-order valence-corrected chi connectivity index (χ3v) is 8.24. The first-order valence-electron chi connectivity index (χ1n) is 12.0. The van der Waals surface area contributed by atoms with Gasteiger partial charge in [-0.2, -0.15) is 0 Å². The molecule has 0 aromatic heterocycles. The molecule has 0 spiro atoms. The molecule has 2 nitrogen and oxygen atoms in total. The minimum Gasteiger partial charge on any atom is -0.393 e. The van der Waals surface area contributed by atoms with Gasteiger partial charge in [-0.3, -0.25) is 0 Å². The highest BCUT2D eigenvalue weighted by atomic mass is 16.3. The predicted octanol–water partition coefficient (Wildman–Crippen LogP) is 6.57. The van der Waals surface area contributed by atoms with Gasteiger partial charge >= 0.3 is 0 Å². The predicted molar refractivity (Wildman–Crippen MR) is 118 cm³/mol. The fourth-order valence-corrected chi connectivity index (χ4v) is 6.72. The first-order valence-corrected chi connectivity index (χ1v) is 12.0. The summed E-state index contributed by atoms with van der Waals surface area (Å²) in [5.41, 5.74) is 3.08. The van der Waals surface area contributed by atoms with Crippen molar-refractivity contribution in [2.45, 2.75) is 116 Å². The van der Waals surface area contributed by atoms with Crippen molar-refractivity contribution in [3.63, 3.8) is 0 Å². The average molecular weight is 389 g/mol. The Balaban J connectivity index is 1.65. The molecule has 160 valence electrons. The Morgan fingerprint density at radius 2 is 1.93 bits per heavy atom. The molecule has 3 aliphatic carbocycles. The minimum absolute atomic E-state index is 0.115. The molecule has 0 aromatic carbocycles. The van der Waals surface area contributed by atoms with Crippen LogP contribution in [-0.4, -0.2) is 21.9 Å². The second-order valence-corrected chi connectivity index (χ2v) is 11.1. The van der Waals surface area contributed by atoms with Crippen molar-refractivity contribution in [1.29, 1.82) is 0 Å². The van der Waals surface area contributed by atoms with Crippen LogP contribution in [0.2, 0.25) is 0 Å². The second kappa shape index (κ2) is 9.04. The Bertz CT molecular complexity index is 582. The van der Waals surface area contributed by atoms with Crippen LogP contribution in [0.25, 0.3) is 0 Å². The Morgan fingerprint density at radius 3 is 2.64 bits per heavy atom. The number of aliphatic hydroxyl groups excluding tert-OH is 1. The molecule has 0 aliphatic heterocycles. The number of rotatable bonds is 6. The Labute approximate surface area is 173 Å². The van der Waals surface area contributed by atoms with Crippen LogP contribution >= 0.6 is 0 Å². The van der Waals surface area contributed by atoms with Crippen molar-refractivity contribution in [1.82, 2.24) is 0 Å². The number of fused-ring (bicyclic) bond motifs is 1. The van der Waals surface area contributed by atoms with Gasteiger partial charge in [-0.15, -0.1) is 0 Å². The molecule has 2 N–H and O–H groups in total. The largest absolute Gasteiger partial charge is 0.393 e. The van der Waals surface area contributed by atoms with E-state index in [0.29, 0.717) is 5.41 Å². The lowest BCUT2D eigenvalue weighted by molar-refractivity contribution is 0.0596. The molecule has 0 unspecified atom stereocenters. The van der Waals surface area contributed by atoms with Crippen molar-refractivity contribution in [3.05, 3.63) is 23.3 Å². The molecule has 0 saturated heterocycles. The first-order chi connectivity index (χ1) is 13.2. The van der Waals surface area contributed by atoms with E-state index in [9.17, 15) is 10.2 Å². The van der Waals surface area contributed by atoms with Crippen LogP contribution in [0.5, 0.6) is 0 Å². The molecular weight excluding hydrogens is 344 g/mol.